The van der Waals surface area contributed by atoms with Crippen LogP contribution in [-0.2, 0) is 6.42 Å². The predicted molar refractivity (Wildman–Crippen MR) is 38.4 cm³/mol. The van der Waals surface area contributed by atoms with Crippen LogP contribution in [0.15, 0.2) is 5.38 Å². The number of thiazole rings is 1. The zero-order chi connectivity index (χ0) is 11.2. The molecule has 1 heterocycles. The normalized spacial score (nSPS) is 10.0. The summed E-state index contributed by atoms with van der Waals surface area (Å²) in [7, 11) is -4.69. The number of nitrogens with zero attached hydrogens (tertiary/aromatic N) is 2. The Kier molecular flexibility index (Phi) is 5.56. The van der Waals surface area contributed by atoms with Crippen molar-refractivity contribution in [3.63, 3.8) is 0 Å². The van der Waals surface area contributed by atoms with Gasteiger partial charge in [0.15, 0.2) is 0 Å². The topological polar surface area (TPSA) is 126 Å². The molecule has 0 aromatic carbocycles. The number of nitriles is 1. The van der Waals surface area contributed by atoms with Crippen LogP contribution in [0.5, 0.6) is 0 Å². The Labute approximate surface area is 86.4 Å². The van der Waals surface area contributed by atoms with Gasteiger partial charge < -0.3 is 0 Å². The second-order valence-electron chi connectivity index (χ2n) is 2.09. The molecule has 6 nitrogen and oxygen atoms in total. The average molecular weight is 239 g/mol. The van der Waals surface area contributed by atoms with Gasteiger partial charge in [-0.15, -0.1) is 11.3 Å². The third-order valence-electron chi connectivity index (χ3n) is 0.927. The van der Waals surface area contributed by atoms with E-state index in [2.05, 4.69) is 4.98 Å². The standard InChI is InChI=1S/C6H6N2S.ClHO4/c1-5-8-6(2-3-7)4-9-5;2-1(3,4)5/h4H,2H2,1H3;(H,2,3,4,5). The van der Waals surface area contributed by atoms with E-state index in [1.165, 1.54) is 0 Å². The van der Waals surface area contributed by atoms with E-state index in [1.807, 2.05) is 18.4 Å². The number of hydrogen-bond acceptors (Lipinski definition) is 7. The fourth-order valence-electron chi connectivity index (χ4n) is 0.570. The van der Waals surface area contributed by atoms with Crippen LogP contribution in [0.3, 0.4) is 0 Å². The first-order valence-corrected chi connectivity index (χ1v) is 5.38. The van der Waals surface area contributed by atoms with Crippen molar-refractivity contribution in [2.75, 3.05) is 0 Å². The first-order chi connectivity index (χ1) is 6.33. The molecule has 0 saturated heterocycles. The first kappa shape index (κ1) is 13.2. The van der Waals surface area contributed by atoms with E-state index in [0.29, 0.717) is 6.42 Å². The lowest BCUT2D eigenvalue weighted by Gasteiger charge is -2.03. The number of aromatic nitrogens is 1. The van der Waals surface area contributed by atoms with Gasteiger partial charge in [-0.1, -0.05) is 0 Å². The summed E-state index contributed by atoms with van der Waals surface area (Å²) < 4.78 is 32.7. The van der Waals surface area contributed by atoms with Gasteiger partial charge in [-0.25, -0.2) is 4.98 Å². The Morgan fingerprint density at radius 3 is 2.43 bits per heavy atom. The summed E-state index contributed by atoms with van der Waals surface area (Å²) in [6.45, 7) is 1.94. The fourth-order valence-corrected chi connectivity index (χ4v) is 1.18. The molecule has 0 aliphatic carbocycles. The highest BCUT2D eigenvalue weighted by Gasteiger charge is 1.98. The van der Waals surface area contributed by atoms with Gasteiger partial charge >= 0.3 is 0 Å². The summed E-state index contributed by atoms with van der Waals surface area (Å²) in [5, 5.41) is 11.2. The van der Waals surface area contributed by atoms with Crippen molar-refractivity contribution in [3.8, 4) is 6.07 Å². The Bertz CT molecular complexity index is 310. The van der Waals surface area contributed by atoms with Crippen LogP contribution >= 0.6 is 11.3 Å². The number of halogens is 1. The molecule has 0 spiro atoms. The first-order valence-electron chi connectivity index (χ1n) is 3.24. The average Bonchev–Trinajstić information content (AvgIpc) is 2.32. The van der Waals surface area contributed by atoms with Crippen LogP contribution in [-0.4, -0.2) is 9.64 Å². The minimum atomic E-state index is -4.69. The molecule has 1 aromatic heterocycles. The Balaban J connectivity index is 0.000000292. The van der Waals surface area contributed by atoms with E-state index in [-0.39, 0.29) is 0 Å². The molecule has 0 aliphatic rings. The highest BCUT2D eigenvalue weighted by atomic mass is 35.7. The molecule has 1 aromatic rings. The van der Waals surface area contributed by atoms with E-state index >= 15 is 0 Å². The molecule has 78 valence electrons. The summed E-state index contributed by atoms with van der Waals surface area (Å²) in [5.74, 6) is 0. The van der Waals surface area contributed by atoms with Crippen molar-refractivity contribution < 1.29 is 28.9 Å². The highest BCUT2D eigenvalue weighted by molar-refractivity contribution is 7.09. The smallest absolute Gasteiger partial charge is 0.0897 e. The second-order valence-corrected chi connectivity index (χ2v) is 3.94. The molecule has 1 N–H and O–H groups in total. The molecule has 0 atom stereocenters. The lowest BCUT2D eigenvalue weighted by atomic mass is 10.4. The lowest BCUT2D eigenvalue weighted by Crippen LogP contribution is -2.58. The third kappa shape index (κ3) is 9.34. The summed E-state index contributed by atoms with van der Waals surface area (Å²) in [6, 6.07) is 2.04. The second kappa shape index (κ2) is 5.87. The SMILES string of the molecule is Cc1nc(CC#N)cs1.[O-][Cl+3]([O-])([O-])O. The van der Waals surface area contributed by atoms with Crippen molar-refractivity contribution in [2.24, 2.45) is 0 Å². The molecule has 0 saturated carbocycles. The molecular weight excluding hydrogens is 232 g/mol. The van der Waals surface area contributed by atoms with Crippen LogP contribution in [0.1, 0.15) is 10.7 Å². The van der Waals surface area contributed by atoms with Gasteiger partial charge in [-0.3, -0.25) is 0 Å². The highest BCUT2D eigenvalue weighted by Crippen LogP contribution is 2.07. The zero-order valence-corrected chi connectivity index (χ0v) is 8.71. The van der Waals surface area contributed by atoms with E-state index in [1.54, 1.807) is 11.3 Å². The van der Waals surface area contributed by atoms with Gasteiger partial charge in [-0.2, -0.15) is 19.2 Å². The van der Waals surface area contributed by atoms with E-state index < -0.39 is 10.2 Å². The van der Waals surface area contributed by atoms with Crippen LogP contribution in [0.25, 0.3) is 0 Å². The molecule has 0 fully saturated rings. The van der Waals surface area contributed by atoms with Gasteiger partial charge in [0.05, 0.1) is 38.1 Å². The maximum Gasteiger partial charge on any atom is 0.0897 e. The number of aryl methyl sites for hydroxylation is 1. The van der Waals surface area contributed by atoms with Crippen LogP contribution in [0.2, 0.25) is 0 Å². The van der Waals surface area contributed by atoms with E-state index in [4.69, 9.17) is 23.9 Å². The van der Waals surface area contributed by atoms with Crippen molar-refractivity contribution in [2.45, 2.75) is 13.3 Å². The van der Waals surface area contributed by atoms with Crippen LogP contribution in [0.4, 0.5) is 0 Å². The van der Waals surface area contributed by atoms with Gasteiger partial charge in [0, 0.05) is 5.38 Å². The summed E-state index contributed by atoms with van der Waals surface area (Å²) in [5.41, 5.74) is 0.889. The zero-order valence-electron chi connectivity index (χ0n) is 7.14. The quantitative estimate of drug-likeness (QED) is 0.571. The maximum absolute atomic E-state index is 8.60. The maximum atomic E-state index is 8.60. The van der Waals surface area contributed by atoms with Crippen LogP contribution in [0, 0.1) is 28.5 Å². The monoisotopic (exact) mass is 238 g/mol. The van der Waals surface area contributed by atoms with Crippen molar-refractivity contribution in [1.29, 1.82) is 5.26 Å². The summed E-state index contributed by atoms with van der Waals surface area (Å²) >= 11 is 1.58. The minimum absolute atomic E-state index is 0.435. The lowest BCUT2D eigenvalue weighted by molar-refractivity contribution is -1.92. The van der Waals surface area contributed by atoms with Crippen molar-refractivity contribution in [3.05, 3.63) is 16.1 Å². The Hall–Kier alpha value is -0.750. The predicted octanol–water partition coefficient (Wildman–Crippen LogP) is -2.61. The molecule has 0 unspecified atom stereocenters. The van der Waals surface area contributed by atoms with E-state index in [9.17, 15) is 0 Å². The minimum Gasteiger partial charge on any atom is -0.246 e. The number of rotatable bonds is 1. The molecule has 14 heavy (non-hydrogen) atoms. The van der Waals surface area contributed by atoms with Crippen molar-refractivity contribution >= 4 is 11.3 Å². The summed E-state index contributed by atoms with van der Waals surface area (Å²) in [4.78, 5) is 4.10. The van der Waals surface area contributed by atoms with Gasteiger partial charge in [-0.05, 0) is 6.92 Å². The third-order valence-corrected chi connectivity index (χ3v) is 1.75. The summed E-state index contributed by atoms with van der Waals surface area (Å²) in [6.07, 6.45) is 0.435. The largest absolute Gasteiger partial charge is 0.246 e. The Morgan fingerprint density at radius 1 is 1.64 bits per heavy atom. The van der Waals surface area contributed by atoms with Crippen LogP contribution < -0.4 is 14.0 Å². The molecule has 0 amide bonds. The Morgan fingerprint density at radius 2 is 2.14 bits per heavy atom. The van der Waals surface area contributed by atoms with Crippen molar-refractivity contribution in [1.82, 2.24) is 4.98 Å². The molecule has 8 heteroatoms. The molecular formula is C6H7ClN2O4S. The van der Waals surface area contributed by atoms with Gasteiger partial charge in [0.1, 0.15) is 0 Å². The molecule has 0 bridgehead atoms. The molecule has 0 aliphatic heterocycles. The van der Waals surface area contributed by atoms with Gasteiger partial charge in [0.2, 0.25) is 0 Å². The van der Waals surface area contributed by atoms with Gasteiger partial charge in [0.25, 0.3) is 0 Å². The van der Waals surface area contributed by atoms with E-state index in [0.717, 1.165) is 10.7 Å². The molecule has 0 radical (unpaired) electrons. The molecule has 1 rings (SSSR count). The fraction of sp³-hybridized carbons (Fsp3) is 0.333. The number of hydrogen-bond donors (Lipinski definition) is 1.